The summed E-state index contributed by atoms with van der Waals surface area (Å²) in [6, 6.07) is 9.37. The number of carbonyl (C=O) groups excluding carboxylic acids is 2. The molecule has 2 aromatic rings. The van der Waals surface area contributed by atoms with Crippen molar-refractivity contribution in [1.82, 2.24) is 10.2 Å². The van der Waals surface area contributed by atoms with Gasteiger partial charge in [-0.2, -0.15) is 0 Å². The van der Waals surface area contributed by atoms with Crippen LogP contribution < -0.4 is 20.7 Å². The molecule has 0 saturated carbocycles. The lowest BCUT2D eigenvalue weighted by Gasteiger charge is -2.34. The summed E-state index contributed by atoms with van der Waals surface area (Å²) >= 11 is 0. The number of carbonyl (C=O) groups is 2. The molecule has 0 bridgehead atoms. The Balaban J connectivity index is 1.92. The van der Waals surface area contributed by atoms with E-state index in [2.05, 4.69) is 16.0 Å². The van der Waals surface area contributed by atoms with Crippen LogP contribution in [0.5, 0.6) is 5.75 Å². The average molecular weight is 545 g/mol. The van der Waals surface area contributed by atoms with Crippen LogP contribution in [0.3, 0.4) is 0 Å². The van der Waals surface area contributed by atoms with Crippen LogP contribution in [-0.2, 0) is 4.74 Å². The number of aliphatic hydroxyl groups is 1. The minimum absolute atomic E-state index is 0.00979. The van der Waals surface area contributed by atoms with E-state index in [0.29, 0.717) is 36.8 Å². The van der Waals surface area contributed by atoms with Crippen molar-refractivity contribution in [2.24, 2.45) is 5.92 Å². The summed E-state index contributed by atoms with van der Waals surface area (Å²) in [5.41, 5.74) is 1.10. The number of ether oxygens (including phenoxy) is 2. The molecular weight excluding hydrogens is 503 g/mol. The molecule has 9 nitrogen and oxygen atoms in total. The number of amides is 3. The quantitative estimate of drug-likeness (QED) is 0.427. The van der Waals surface area contributed by atoms with Crippen molar-refractivity contribution in [1.29, 1.82) is 0 Å². The second-order valence-electron chi connectivity index (χ2n) is 10.2. The fourth-order valence-electron chi connectivity index (χ4n) is 4.52. The van der Waals surface area contributed by atoms with Crippen molar-refractivity contribution in [3.63, 3.8) is 0 Å². The van der Waals surface area contributed by atoms with Gasteiger partial charge in [0.15, 0.2) is 0 Å². The number of fused-ring (bicyclic) bond motifs is 1. The molecule has 0 aromatic heterocycles. The van der Waals surface area contributed by atoms with Gasteiger partial charge in [-0.1, -0.05) is 6.92 Å². The van der Waals surface area contributed by atoms with Gasteiger partial charge in [-0.25, -0.2) is 9.18 Å². The number of aliphatic hydroxyl groups excluding tert-OH is 1. The molecule has 4 atom stereocenters. The molecule has 0 saturated heterocycles. The van der Waals surface area contributed by atoms with Gasteiger partial charge < -0.3 is 35.4 Å². The molecule has 1 heterocycles. The minimum Gasteiger partial charge on any atom is -0.490 e. The Hall–Kier alpha value is -3.21. The number of anilines is 2. The Morgan fingerprint density at radius 1 is 1.13 bits per heavy atom. The topological polar surface area (TPSA) is 112 Å². The van der Waals surface area contributed by atoms with Crippen molar-refractivity contribution in [2.45, 2.75) is 58.3 Å². The third-order valence-corrected chi connectivity index (χ3v) is 6.82. The highest BCUT2D eigenvalue weighted by molar-refractivity contribution is 6.02. The first kappa shape index (κ1) is 30.3. The summed E-state index contributed by atoms with van der Waals surface area (Å²) in [6.45, 7) is 7.22. The van der Waals surface area contributed by atoms with Crippen molar-refractivity contribution < 1.29 is 28.6 Å². The maximum Gasteiger partial charge on any atom is 0.323 e. The van der Waals surface area contributed by atoms with Gasteiger partial charge in [0.2, 0.25) is 0 Å². The molecule has 1 aliphatic heterocycles. The lowest BCUT2D eigenvalue weighted by molar-refractivity contribution is -0.000451. The van der Waals surface area contributed by atoms with Gasteiger partial charge in [-0.05, 0) is 82.6 Å². The SMILES string of the molecule is CNC[C@H]1OCCCC[C@@H](C)Oc2ccc(NC(=O)Nc3ccc(F)cc3)cc2C(=O)N([C@H](C)CO)C[C@H]1C. The second-order valence-corrected chi connectivity index (χ2v) is 10.2. The fourth-order valence-corrected chi connectivity index (χ4v) is 4.52. The van der Waals surface area contributed by atoms with Gasteiger partial charge in [0.25, 0.3) is 5.91 Å². The number of nitrogens with one attached hydrogen (secondary N) is 3. The normalized spacial score (nSPS) is 21.7. The Morgan fingerprint density at radius 2 is 1.82 bits per heavy atom. The first-order valence-electron chi connectivity index (χ1n) is 13.5. The molecule has 10 heteroatoms. The molecular formula is C29H41FN4O5. The summed E-state index contributed by atoms with van der Waals surface area (Å²) in [6.07, 6.45) is 2.36. The van der Waals surface area contributed by atoms with Crippen molar-refractivity contribution >= 4 is 23.3 Å². The standard InChI is InChI=1S/C29H41FN4O5/c1-19-17-34(20(2)18-35)28(36)25-15-24(33-29(37)32-23-10-8-22(30)9-11-23)12-13-26(25)39-21(3)7-5-6-14-38-27(19)16-31-4/h8-13,15,19-21,27,31,35H,5-7,14,16-18H2,1-4H3,(H2,32,33,37)/t19-,20-,21-,27-/m1/s1. The molecule has 214 valence electrons. The smallest absolute Gasteiger partial charge is 0.323 e. The van der Waals surface area contributed by atoms with E-state index in [1.807, 2.05) is 20.9 Å². The fraction of sp³-hybridized carbons (Fsp3) is 0.517. The Bertz CT molecular complexity index is 1080. The first-order valence-corrected chi connectivity index (χ1v) is 13.5. The zero-order valence-electron chi connectivity index (χ0n) is 23.2. The van der Waals surface area contributed by atoms with Crippen molar-refractivity contribution in [3.05, 3.63) is 53.8 Å². The van der Waals surface area contributed by atoms with E-state index in [1.54, 1.807) is 30.0 Å². The zero-order valence-corrected chi connectivity index (χ0v) is 23.2. The third-order valence-electron chi connectivity index (χ3n) is 6.82. The van der Waals surface area contributed by atoms with Crippen LogP contribution in [0.2, 0.25) is 0 Å². The molecule has 1 aliphatic rings. The van der Waals surface area contributed by atoms with Crippen LogP contribution in [0.4, 0.5) is 20.6 Å². The summed E-state index contributed by atoms with van der Waals surface area (Å²) < 4.78 is 25.6. The minimum atomic E-state index is -0.537. The van der Waals surface area contributed by atoms with Crippen molar-refractivity contribution in [3.8, 4) is 5.75 Å². The van der Waals surface area contributed by atoms with Gasteiger partial charge in [-0.15, -0.1) is 0 Å². The monoisotopic (exact) mass is 544 g/mol. The van der Waals surface area contributed by atoms with E-state index in [1.165, 1.54) is 24.3 Å². The molecule has 2 aromatic carbocycles. The van der Waals surface area contributed by atoms with Crippen LogP contribution in [0.1, 0.15) is 50.4 Å². The lowest BCUT2D eigenvalue weighted by Crippen LogP contribution is -2.47. The van der Waals surface area contributed by atoms with E-state index in [4.69, 9.17) is 9.47 Å². The molecule has 0 unspecified atom stereocenters. The predicted molar refractivity (Wildman–Crippen MR) is 150 cm³/mol. The largest absolute Gasteiger partial charge is 0.490 e. The van der Waals surface area contributed by atoms with Crippen molar-refractivity contribution in [2.75, 3.05) is 44.0 Å². The van der Waals surface area contributed by atoms with Gasteiger partial charge in [0, 0.05) is 37.0 Å². The van der Waals surface area contributed by atoms with E-state index in [9.17, 15) is 19.1 Å². The van der Waals surface area contributed by atoms with Gasteiger partial charge in [0.05, 0.1) is 30.4 Å². The van der Waals surface area contributed by atoms with Crippen LogP contribution in [0, 0.1) is 11.7 Å². The predicted octanol–water partition coefficient (Wildman–Crippen LogP) is 4.48. The van der Waals surface area contributed by atoms with Crippen LogP contribution >= 0.6 is 0 Å². The summed E-state index contributed by atoms with van der Waals surface area (Å²) in [7, 11) is 1.87. The second kappa shape index (κ2) is 14.8. The van der Waals surface area contributed by atoms with Crippen LogP contribution in [-0.4, -0.2) is 73.5 Å². The highest BCUT2D eigenvalue weighted by Crippen LogP contribution is 2.28. The van der Waals surface area contributed by atoms with Gasteiger partial charge >= 0.3 is 6.03 Å². The number of benzene rings is 2. The molecule has 4 N–H and O–H groups in total. The van der Waals surface area contributed by atoms with E-state index in [0.717, 1.165) is 19.3 Å². The number of urea groups is 1. The Morgan fingerprint density at radius 3 is 2.51 bits per heavy atom. The summed E-state index contributed by atoms with van der Waals surface area (Å²) in [4.78, 5) is 28.2. The number of halogens is 1. The number of rotatable bonds is 6. The molecule has 0 fully saturated rings. The van der Waals surface area contributed by atoms with E-state index < -0.39 is 17.9 Å². The number of likely N-dealkylation sites (N-methyl/N-ethyl adjacent to an activating group) is 1. The molecule has 0 radical (unpaired) electrons. The lowest BCUT2D eigenvalue weighted by atomic mass is 10.0. The summed E-state index contributed by atoms with van der Waals surface area (Å²) in [5, 5.41) is 18.6. The van der Waals surface area contributed by atoms with Gasteiger partial charge in [0.1, 0.15) is 11.6 Å². The highest BCUT2D eigenvalue weighted by Gasteiger charge is 2.29. The zero-order chi connectivity index (χ0) is 28.4. The summed E-state index contributed by atoms with van der Waals surface area (Å²) in [5.74, 6) is -0.308. The van der Waals surface area contributed by atoms with Gasteiger partial charge in [-0.3, -0.25) is 4.79 Å². The molecule has 3 amide bonds. The Kier molecular flexibility index (Phi) is 11.5. The maximum absolute atomic E-state index is 14.0. The molecule has 3 rings (SSSR count). The molecule has 39 heavy (non-hydrogen) atoms. The third kappa shape index (κ3) is 8.91. The maximum atomic E-state index is 14.0. The number of hydrogen-bond donors (Lipinski definition) is 4. The Labute approximate surface area is 230 Å². The number of hydrogen-bond acceptors (Lipinski definition) is 6. The first-order chi connectivity index (χ1) is 18.7. The highest BCUT2D eigenvalue weighted by atomic mass is 19.1. The van der Waals surface area contributed by atoms with Crippen LogP contribution in [0.15, 0.2) is 42.5 Å². The average Bonchev–Trinajstić information content (AvgIpc) is 2.91. The molecule has 0 spiro atoms. The number of nitrogens with zero attached hydrogens (tertiary/aromatic N) is 1. The van der Waals surface area contributed by atoms with E-state index in [-0.39, 0.29) is 36.2 Å². The van der Waals surface area contributed by atoms with E-state index >= 15 is 0 Å². The molecule has 0 aliphatic carbocycles. The van der Waals surface area contributed by atoms with Crippen LogP contribution in [0.25, 0.3) is 0 Å².